The summed E-state index contributed by atoms with van der Waals surface area (Å²) in [6, 6.07) is 8.49. The molecule has 0 atom stereocenters. The van der Waals surface area contributed by atoms with Crippen LogP contribution >= 0.6 is 0 Å². The highest BCUT2D eigenvalue weighted by molar-refractivity contribution is 6.54. The van der Waals surface area contributed by atoms with E-state index in [0.29, 0.717) is 5.56 Å². The van der Waals surface area contributed by atoms with Crippen molar-refractivity contribution in [2.24, 2.45) is 5.16 Å². The first-order valence-electron chi connectivity index (χ1n) is 5.11. The molecule has 1 heterocycles. The van der Waals surface area contributed by atoms with Gasteiger partial charge in [-0.15, -0.1) is 0 Å². The van der Waals surface area contributed by atoms with Gasteiger partial charge in [0.05, 0.1) is 5.57 Å². The molecule has 0 saturated heterocycles. The normalized spacial score (nSPS) is 17.9. The third-order valence-corrected chi connectivity index (χ3v) is 2.38. The van der Waals surface area contributed by atoms with Gasteiger partial charge in [0.2, 0.25) is 5.71 Å². The first kappa shape index (κ1) is 11.8. The van der Waals surface area contributed by atoms with Crippen LogP contribution in [0.5, 0.6) is 0 Å². The maximum atomic E-state index is 11.7. The van der Waals surface area contributed by atoms with Gasteiger partial charge in [0.1, 0.15) is 7.11 Å². The van der Waals surface area contributed by atoms with E-state index in [4.69, 9.17) is 0 Å². The molecule has 6 heteroatoms. The zero-order chi connectivity index (χ0) is 13.1. The lowest BCUT2D eigenvalue weighted by Crippen LogP contribution is -2.42. The lowest BCUT2D eigenvalue weighted by molar-refractivity contribution is -0.124. The molecule has 1 aromatic carbocycles. The van der Waals surface area contributed by atoms with E-state index in [1.165, 1.54) is 7.11 Å². The van der Waals surface area contributed by atoms with Crippen LogP contribution in [0.4, 0.5) is 0 Å². The van der Waals surface area contributed by atoms with Crippen molar-refractivity contribution in [3.05, 3.63) is 41.7 Å². The molecule has 18 heavy (non-hydrogen) atoms. The molecule has 2 amide bonds. The highest BCUT2D eigenvalue weighted by Crippen LogP contribution is 2.21. The molecule has 0 saturated carbocycles. The summed E-state index contributed by atoms with van der Waals surface area (Å²) in [6.07, 6.45) is 0. The Bertz CT molecular complexity index is 561. The number of amides is 2. The number of hydrogen-bond acceptors (Lipinski definition) is 5. The number of imide groups is 1. The lowest BCUT2D eigenvalue weighted by atomic mass is 9.99. The standard InChI is InChI=1S/C12H10N2O4/c1-18-14-9-10(15)8(11(16)13-12(9)17)7-5-3-2-4-6-7/h2-6,15H,1H3,(H,13,16,17)/b14-9+. The Morgan fingerprint density at radius 1 is 1.17 bits per heavy atom. The summed E-state index contributed by atoms with van der Waals surface area (Å²) >= 11 is 0. The van der Waals surface area contributed by atoms with E-state index in [0.717, 1.165) is 0 Å². The number of benzene rings is 1. The minimum Gasteiger partial charge on any atom is -0.505 e. The number of hydrogen-bond donors (Lipinski definition) is 2. The van der Waals surface area contributed by atoms with Gasteiger partial charge in [-0.3, -0.25) is 14.9 Å². The number of nitrogens with zero attached hydrogens (tertiary/aromatic N) is 1. The summed E-state index contributed by atoms with van der Waals surface area (Å²) in [5.74, 6) is -1.95. The number of rotatable bonds is 2. The zero-order valence-corrected chi connectivity index (χ0v) is 9.51. The van der Waals surface area contributed by atoms with Crippen LogP contribution in [-0.2, 0) is 14.4 Å². The molecule has 0 bridgehead atoms. The third-order valence-electron chi connectivity index (χ3n) is 2.38. The van der Waals surface area contributed by atoms with Crippen molar-refractivity contribution in [1.82, 2.24) is 5.32 Å². The Morgan fingerprint density at radius 2 is 1.83 bits per heavy atom. The largest absolute Gasteiger partial charge is 0.505 e. The van der Waals surface area contributed by atoms with Crippen LogP contribution in [0.25, 0.3) is 5.57 Å². The van der Waals surface area contributed by atoms with Crippen LogP contribution in [0, 0.1) is 0 Å². The van der Waals surface area contributed by atoms with Crippen molar-refractivity contribution in [1.29, 1.82) is 0 Å². The summed E-state index contributed by atoms with van der Waals surface area (Å²) in [4.78, 5) is 27.6. The Hall–Kier alpha value is -2.63. The molecule has 1 aliphatic heterocycles. The summed E-state index contributed by atoms with van der Waals surface area (Å²) in [5, 5.41) is 15.4. The minimum atomic E-state index is -0.793. The number of carbonyl (C=O) groups is 2. The fourth-order valence-corrected chi connectivity index (χ4v) is 1.61. The molecule has 1 aromatic rings. The topological polar surface area (TPSA) is 88.0 Å². The van der Waals surface area contributed by atoms with Gasteiger partial charge in [-0.2, -0.15) is 0 Å². The molecule has 1 aliphatic rings. The van der Waals surface area contributed by atoms with E-state index in [9.17, 15) is 14.7 Å². The van der Waals surface area contributed by atoms with Gasteiger partial charge in [-0.25, -0.2) is 0 Å². The van der Waals surface area contributed by atoms with Crippen molar-refractivity contribution in [3.63, 3.8) is 0 Å². The Balaban J connectivity index is 2.59. The van der Waals surface area contributed by atoms with E-state index in [1.807, 2.05) is 0 Å². The zero-order valence-electron chi connectivity index (χ0n) is 9.51. The van der Waals surface area contributed by atoms with E-state index in [2.05, 4.69) is 15.3 Å². The smallest absolute Gasteiger partial charge is 0.284 e. The number of nitrogens with one attached hydrogen (secondary N) is 1. The number of aliphatic hydroxyl groups excluding tert-OH is 1. The van der Waals surface area contributed by atoms with E-state index >= 15 is 0 Å². The third kappa shape index (κ3) is 1.95. The fourth-order valence-electron chi connectivity index (χ4n) is 1.61. The SMILES string of the molecule is CO/N=C1/C(=O)NC(=O)C(c2ccccc2)=C1O. The van der Waals surface area contributed by atoms with Crippen LogP contribution in [0.1, 0.15) is 5.56 Å². The summed E-state index contributed by atoms with van der Waals surface area (Å²) in [7, 11) is 1.24. The molecule has 0 aromatic heterocycles. The summed E-state index contributed by atoms with van der Waals surface area (Å²) < 4.78 is 0. The summed E-state index contributed by atoms with van der Waals surface area (Å²) in [5.41, 5.74) is 0.158. The maximum absolute atomic E-state index is 11.7. The predicted octanol–water partition coefficient (Wildman–Crippen LogP) is 0.614. The van der Waals surface area contributed by atoms with E-state index in [-0.39, 0.29) is 11.3 Å². The van der Waals surface area contributed by atoms with Crippen LogP contribution in [0.2, 0.25) is 0 Å². The number of aliphatic hydroxyl groups is 1. The van der Waals surface area contributed by atoms with Gasteiger partial charge >= 0.3 is 0 Å². The van der Waals surface area contributed by atoms with Gasteiger partial charge in [0, 0.05) is 0 Å². The second-order valence-electron chi connectivity index (χ2n) is 3.50. The Labute approximate surface area is 103 Å². The average molecular weight is 246 g/mol. The van der Waals surface area contributed by atoms with Gasteiger partial charge < -0.3 is 9.94 Å². The predicted molar refractivity (Wildman–Crippen MR) is 63.6 cm³/mol. The van der Waals surface area contributed by atoms with Gasteiger partial charge in [-0.05, 0) is 5.56 Å². The number of carbonyl (C=O) groups excluding carboxylic acids is 2. The van der Waals surface area contributed by atoms with Crippen molar-refractivity contribution in [3.8, 4) is 0 Å². The average Bonchev–Trinajstić information content (AvgIpc) is 2.35. The Morgan fingerprint density at radius 3 is 2.44 bits per heavy atom. The van der Waals surface area contributed by atoms with E-state index in [1.54, 1.807) is 30.3 Å². The molecule has 6 nitrogen and oxygen atoms in total. The van der Waals surface area contributed by atoms with Crippen LogP contribution in [-0.4, -0.2) is 29.7 Å². The van der Waals surface area contributed by atoms with Crippen LogP contribution in [0.15, 0.2) is 41.2 Å². The molecule has 0 spiro atoms. The van der Waals surface area contributed by atoms with Crippen molar-refractivity contribution < 1.29 is 19.5 Å². The van der Waals surface area contributed by atoms with E-state index < -0.39 is 17.6 Å². The molecule has 0 fully saturated rings. The van der Waals surface area contributed by atoms with Gasteiger partial charge in [0.25, 0.3) is 11.8 Å². The molecule has 2 rings (SSSR count). The van der Waals surface area contributed by atoms with Crippen LogP contribution < -0.4 is 5.32 Å². The quantitative estimate of drug-likeness (QED) is 0.591. The monoisotopic (exact) mass is 246 g/mol. The first-order valence-corrected chi connectivity index (χ1v) is 5.11. The fraction of sp³-hybridized carbons (Fsp3) is 0.0833. The van der Waals surface area contributed by atoms with Crippen molar-refractivity contribution in [2.75, 3.05) is 7.11 Å². The van der Waals surface area contributed by atoms with Crippen molar-refractivity contribution in [2.45, 2.75) is 0 Å². The van der Waals surface area contributed by atoms with Gasteiger partial charge in [0.15, 0.2) is 5.76 Å². The second kappa shape index (κ2) is 4.70. The van der Waals surface area contributed by atoms with Gasteiger partial charge in [-0.1, -0.05) is 35.5 Å². The molecular weight excluding hydrogens is 236 g/mol. The Kier molecular flexibility index (Phi) is 3.09. The highest BCUT2D eigenvalue weighted by Gasteiger charge is 2.32. The highest BCUT2D eigenvalue weighted by atomic mass is 16.6. The lowest BCUT2D eigenvalue weighted by Gasteiger charge is -2.16. The van der Waals surface area contributed by atoms with Crippen LogP contribution in [0.3, 0.4) is 0 Å². The molecule has 2 N–H and O–H groups in total. The second-order valence-corrected chi connectivity index (χ2v) is 3.50. The maximum Gasteiger partial charge on any atom is 0.284 e. The number of oxime groups is 1. The first-order chi connectivity index (χ1) is 8.65. The molecule has 92 valence electrons. The minimum absolute atomic E-state index is 0.00833. The van der Waals surface area contributed by atoms with Crippen molar-refractivity contribution >= 4 is 23.1 Å². The molecule has 0 aliphatic carbocycles. The molecule has 0 radical (unpaired) electrons. The molecule has 0 unspecified atom stereocenters. The summed E-state index contributed by atoms with van der Waals surface area (Å²) in [6.45, 7) is 0. The molecular formula is C12H10N2O4.